The molecule has 0 radical (unpaired) electrons. The topological polar surface area (TPSA) is 25.8 Å². The van der Waals surface area contributed by atoms with Crippen LogP contribution in [0.5, 0.6) is 0 Å². The zero-order chi connectivity index (χ0) is 9.97. The van der Waals surface area contributed by atoms with E-state index in [2.05, 4.69) is 9.97 Å². The normalized spacial score (nSPS) is 10.1. The Morgan fingerprint density at radius 2 is 2.07 bits per heavy atom. The van der Waals surface area contributed by atoms with Crippen molar-refractivity contribution in [1.82, 2.24) is 9.97 Å². The second kappa shape index (κ2) is 3.76. The quantitative estimate of drug-likeness (QED) is 0.714. The highest BCUT2D eigenvalue weighted by atomic mass is 35.5. The summed E-state index contributed by atoms with van der Waals surface area (Å²) in [5, 5.41) is 0.693. The predicted octanol–water partition coefficient (Wildman–Crippen LogP) is 3.11. The summed E-state index contributed by atoms with van der Waals surface area (Å²) in [6, 6.07) is 5.56. The van der Waals surface area contributed by atoms with Crippen LogP contribution in [-0.2, 0) is 0 Å². The molecule has 2 nitrogen and oxygen atoms in total. The van der Waals surface area contributed by atoms with Gasteiger partial charge in [-0.2, -0.15) is 0 Å². The molecule has 14 heavy (non-hydrogen) atoms. The SMILES string of the molecule is Cc1ccncc1-c1cc(Cl)ccn1. The van der Waals surface area contributed by atoms with Gasteiger partial charge in [-0.25, -0.2) is 0 Å². The number of rotatable bonds is 1. The third-order valence-electron chi connectivity index (χ3n) is 2.04. The highest BCUT2D eigenvalue weighted by molar-refractivity contribution is 6.30. The Morgan fingerprint density at radius 3 is 2.79 bits per heavy atom. The van der Waals surface area contributed by atoms with Crippen LogP contribution < -0.4 is 0 Å². The molecule has 0 fully saturated rings. The summed E-state index contributed by atoms with van der Waals surface area (Å²) in [6.45, 7) is 2.03. The number of halogens is 1. The maximum absolute atomic E-state index is 5.89. The molecule has 2 aromatic heterocycles. The van der Waals surface area contributed by atoms with Crippen LogP contribution in [0.15, 0.2) is 36.8 Å². The van der Waals surface area contributed by atoms with E-state index < -0.39 is 0 Å². The Morgan fingerprint density at radius 1 is 1.21 bits per heavy atom. The van der Waals surface area contributed by atoms with Gasteiger partial charge >= 0.3 is 0 Å². The highest BCUT2D eigenvalue weighted by Gasteiger charge is 2.02. The molecular weight excluding hydrogens is 196 g/mol. The van der Waals surface area contributed by atoms with Gasteiger partial charge in [0.1, 0.15) is 0 Å². The van der Waals surface area contributed by atoms with Crippen LogP contribution in [0.1, 0.15) is 5.56 Å². The van der Waals surface area contributed by atoms with Gasteiger partial charge in [-0.05, 0) is 30.7 Å². The minimum Gasteiger partial charge on any atom is -0.264 e. The van der Waals surface area contributed by atoms with Gasteiger partial charge in [-0.3, -0.25) is 9.97 Å². The largest absolute Gasteiger partial charge is 0.264 e. The molecule has 2 rings (SSSR count). The molecule has 0 aliphatic heterocycles. The summed E-state index contributed by atoms with van der Waals surface area (Å²) in [5.74, 6) is 0. The summed E-state index contributed by atoms with van der Waals surface area (Å²) in [7, 11) is 0. The van der Waals surface area contributed by atoms with Gasteiger partial charge in [-0.15, -0.1) is 0 Å². The molecule has 2 heterocycles. The average Bonchev–Trinajstić information content (AvgIpc) is 2.18. The molecule has 0 aliphatic carbocycles. The third kappa shape index (κ3) is 1.75. The van der Waals surface area contributed by atoms with Crippen LogP contribution >= 0.6 is 11.6 Å². The summed E-state index contributed by atoms with van der Waals surface area (Å²) in [4.78, 5) is 8.31. The molecule has 0 saturated heterocycles. The van der Waals surface area contributed by atoms with Crippen molar-refractivity contribution in [2.24, 2.45) is 0 Å². The van der Waals surface area contributed by atoms with Gasteiger partial charge in [0.2, 0.25) is 0 Å². The smallest absolute Gasteiger partial charge is 0.0734 e. The monoisotopic (exact) mass is 204 g/mol. The lowest BCUT2D eigenvalue weighted by molar-refractivity contribution is 1.25. The van der Waals surface area contributed by atoms with Gasteiger partial charge in [0.25, 0.3) is 0 Å². The van der Waals surface area contributed by atoms with Crippen molar-refractivity contribution in [3.8, 4) is 11.3 Å². The Balaban J connectivity index is 2.55. The maximum Gasteiger partial charge on any atom is 0.0734 e. The molecule has 0 spiro atoms. The van der Waals surface area contributed by atoms with Gasteiger partial charge in [-0.1, -0.05) is 11.6 Å². The molecule has 0 unspecified atom stereocenters. The first-order valence-electron chi connectivity index (χ1n) is 4.30. The van der Waals surface area contributed by atoms with Crippen LogP contribution in [0.3, 0.4) is 0 Å². The lowest BCUT2D eigenvalue weighted by Crippen LogP contribution is -1.87. The maximum atomic E-state index is 5.89. The predicted molar refractivity (Wildman–Crippen MR) is 57.2 cm³/mol. The number of aryl methyl sites for hydroxylation is 1. The van der Waals surface area contributed by atoms with Crippen molar-refractivity contribution in [3.63, 3.8) is 0 Å². The van der Waals surface area contributed by atoms with E-state index in [9.17, 15) is 0 Å². The fourth-order valence-corrected chi connectivity index (χ4v) is 1.44. The number of nitrogens with zero attached hydrogens (tertiary/aromatic N) is 2. The zero-order valence-corrected chi connectivity index (χ0v) is 8.49. The van der Waals surface area contributed by atoms with Crippen LogP contribution in [0.2, 0.25) is 5.02 Å². The molecule has 0 N–H and O–H groups in total. The van der Waals surface area contributed by atoms with Gasteiger partial charge < -0.3 is 0 Å². The van der Waals surface area contributed by atoms with Crippen molar-refractivity contribution >= 4 is 11.6 Å². The standard InChI is InChI=1S/C11H9ClN2/c1-8-2-4-13-7-10(8)11-6-9(12)3-5-14-11/h2-7H,1H3. The van der Waals surface area contributed by atoms with Crippen molar-refractivity contribution in [3.05, 3.63) is 47.4 Å². The van der Waals surface area contributed by atoms with Gasteiger partial charge in [0.15, 0.2) is 0 Å². The lowest BCUT2D eigenvalue weighted by atomic mass is 10.1. The van der Waals surface area contributed by atoms with Crippen LogP contribution in [0.25, 0.3) is 11.3 Å². The first-order valence-corrected chi connectivity index (χ1v) is 4.68. The Kier molecular flexibility index (Phi) is 2.46. The molecule has 0 bridgehead atoms. The third-order valence-corrected chi connectivity index (χ3v) is 2.27. The van der Waals surface area contributed by atoms with Crippen LogP contribution in [-0.4, -0.2) is 9.97 Å². The number of hydrogen-bond acceptors (Lipinski definition) is 2. The molecule has 70 valence electrons. The molecule has 0 amide bonds. The second-order valence-electron chi connectivity index (χ2n) is 3.05. The lowest BCUT2D eigenvalue weighted by Gasteiger charge is -2.03. The average molecular weight is 205 g/mol. The Bertz CT molecular complexity index is 455. The number of aromatic nitrogens is 2. The molecule has 0 atom stereocenters. The van der Waals surface area contributed by atoms with E-state index in [1.165, 1.54) is 0 Å². The molecule has 2 aromatic rings. The Hall–Kier alpha value is -1.41. The van der Waals surface area contributed by atoms with Gasteiger partial charge in [0.05, 0.1) is 5.69 Å². The van der Waals surface area contributed by atoms with E-state index >= 15 is 0 Å². The number of pyridine rings is 2. The summed E-state index contributed by atoms with van der Waals surface area (Å²) < 4.78 is 0. The molecule has 0 saturated carbocycles. The first kappa shape index (κ1) is 9.16. The fourth-order valence-electron chi connectivity index (χ4n) is 1.28. The van der Waals surface area contributed by atoms with E-state index in [1.807, 2.05) is 19.1 Å². The van der Waals surface area contributed by atoms with Gasteiger partial charge in [0, 0.05) is 29.2 Å². The summed E-state index contributed by atoms with van der Waals surface area (Å²) >= 11 is 5.89. The number of hydrogen-bond donors (Lipinski definition) is 0. The van der Waals surface area contributed by atoms with Crippen molar-refractivity contribution < 1.29 is 0 Å². The molecule has 0 aliphatic rings. The van der Waals surface area contributed by atoms with E-state index in [1.54, 1.807) is 24.7 Å². The second-order valence-corrected chi connectivity index (χ2v) is 3.49. The van der Waals surface area contributed by atoms with Crippen molar-refractivity contribution in [2.75, 3.05) is 0 Å². The fraction of sp³-hybridized carbons (Fsp3) is 0.0909. The minimum atomic E-state index is 0.693. The Labute approximate surface area is 87.6 Å². The van der Waals surface area contributed by atoms with E-state index in [0.717, 1.165) is 16.8 Å². The summed E-state index contributed by atoms with van der Waals surface area (Å²) in [6.07, 6.45) is 5.27. The van der Waals surface area contributed by atoms with Crippen molar-refractivity contribution in [2.45, 2.75) is 6.92 Å². The highest BCUT2D eigenvalue weighted by Crippen LogP contribution is 2.21. The first-order chi connectivity index (χ1) is 6.77. The molecule has 3 heteroatoms. The van der Waals surface area contributed by atoms with E-state index in [-0.39, 0.29) is 0 Å². The van der Waals surface area contributed by atoms with Crippen molar-refractivity contribution in [1.29, 1.82) is 0 Å². The minimum absolute atomic E-state index is 0.693. The van der Waals surface area contributed by atoms with Crippen LogP contribution in [0, 0.1) is 6.92 Å². The molecule has 0 aromatic carbocycles. The zero-order valence-electron chi connectivity index (χ0n) is 7.74. The van der Waals surface area contributed by atoms with E-state index in [0.29, 0.717) is 5.02 Å². The van der Waals surface area contributed by atoms with E-state index in [4.69, 9.17) is 11.6 Å². The summed E-state index contributed by atoms with van der Waals surface area (Å²) in [5.41, 5.74) is 3.04. The molecular formula is C11H9ClN2. The van der Waals surface area contributed by atoms with Crippen LogP contribution in [0.4, 0.5) is 0 Å².